The fourth-order valence-corrected chi connectivity index (χ4v) is 1.95. The average Bonchev–Trinajstić information content (AvgIpc) is 2.85. The van der Waals surface area contributed by atoms with E-state index in [0.29, 0.717) is 31.2 Å². The Bertz CT molecular complexity index is 356. The van der Waals surface area contributed by atoms with Gasteiger partial charge in [0, 0.05) is 36.8 Å². The van der Waals surface area contributed by atoms with Gasteiger partial charge in [-0.15, -0.1) is 0 Å². The van der Waals surface area contributed by atoms with Crippen LogP contribution in [-0.2, 0) is 14.3 Å². The molecular formula is C13H21NO4. The van der Waals surface area contributed by atoms with Crippen LogP contribution in [-0.4, -0.2) is 48.2 Å². The topological polar surface area (TPSA) is 66.8 Å². The number of nitrogens with zero attached hydrogens (tertiary/aromatic N) is 1. The summed E-state index contributed by atoms with van der Waals surface area (Å²) in [5, 5.41) is 8.89. The molecule has 5 nitrogen and oxygen atoms in total. The zero-order chi connectivity index (χ0) is 13.7. The molecular weight excluding hydrogens is 234 g/mol. The molecule has 0 aromatic rings. The van der Waals surface area contributed by atoms with E-state index in [9.17, 15) is 9.59 Å². The van der Waals surface area contributed by atoms with Gasteiger partial charge in [-0.05, 0) is 27.2 Å². The van der Waals surface area contributed by atoms with Crippen molar-refractivity contribution in [1.29, 1.82) is 0 Å². The van der Waals surface area contributed by atoms with Crippen molar-refractivity contribution in [3.05, 3.63) is 11.1 Å². The maximum Gasteiger partial charge on any atom is 0.331 e. The highest BCUT2D eigenvalue weighted by atomic mass is 16.5. The fourth-order valence-electron chi connectivity index (χ4n) is 1.95. The Kier molecular flexibility index (Phi) is 5.34. The van der Waals surface area contributed by atoms with E-state index in [2.05, 4.69) is 0 Å². The zero-order valence-electron chi connectivity index (χ0n) is 11.2. The predicted octanol–water partition coefficient (Wildman–Crippen LogP) is 1.29. The summed E-state index contributed by atoms with van der Waals surface area (Å²) in [5.74, 6) is -0.864. The van der Waals surface area contributed by atoms with E-state index >= 15 is 0 Å². The molecule has 1 N–H and O–H groups in total. The Morgan fingerprint density at radius 1 is 1.33 bits per heavy atom. The molecule has 5 heteroatoms. The van der Waals surface area contributed by atoms with Crippen molar-refractivity contribution >= 4 is 11.9 Å². The van der Waals surface area contributed by atoms with Gasteiger partial charge < -0.3 is 14.7 Å². The minimum atomic E-state index is -1.04. The van der Waals surface area contributed by atoms with Gasteiger partial charge in [0.1, 0.15) is 0 Å². The quantitative estimate of drug-likeness (QED) is 0.752. The van der Waals surface area contributed by atoms with E-state index in [4.69, 9.17) is 9.84 Å². The first-order valence-electron chi connectivity index (χ1n) is 6.25. The monoisotopic (exact) mass is 255 g/mol. The molecule has 0 aromatic carbocycles. The Morgan fingerprint density at radius 3 is 2.44 bits per heavy atom. The standard InChI is InChI=1S/C13H21NO4/c1-4-14(7-11-5-6-18-8-11)12(15)9(2)10(3)13(16)17/h11H,4-8H2,1-3H3,(H,16,17)/b10-9-. The maximum atomic E-state index is 12.2. The molecule has 0 saturated carbocycles. The summed E-state index contributed by atoms with van der Waals surface area (Å²) >= 11 is 0. The molecule has 0 spiro atoms. The Balaban J connectivity index is 2.72. The second-order valence-corrected chi connectivity index (χ2v) is 4.63. The number of carboxylic acids is 1. The van der Waals surface area contributed by atoms with Crippen molar-refractivity contribution in [2.75, 3.05) is 26.3 Å². The van der Waals surface area contributed by atoms with Gasteiger partial charge in [0.25, 0.3) is 0 Å². The molecule has 0 aromatic heterocycles. The van der Waals surface area contributed by atoms with Gasteiger partial charge >= 0.3 is 5.97 Å². The first-order chi connectivity index (χ1) is 8.47. The van der Waals surface area contributed by atoms with E-state index < -0.39 is 5.97 Å². The van der Waals surface area contributed by atoms with Crippen LogP contribution >= 0.6 is 0 Å². The van der Waals surface area contributed by atoms with Crippen LogP contribution in [0.15, 0.2) is 11.1 Å². The van der Waals surface area contributed by atoms with Gasteiger partial charge in [0.2, 0.25) is 5.91 Å². The summed E-state index contributed by atoms with van der Waals surface area (Å²) in [7, 11) is 0. The van der Waals surface area contributed by atoms with Crippen molar-refractivity contribution in [3.8, 4) is 0 Å². The van der Waals surface area contributed by atoms with Gasteiger partial charge in [-0.2, -0.15) is 0 Å². The average molecular weight is 255 g/mol. The Hall–Kier alpha value is -1.36. The molecule has 1 aliphatic heterocycles. The Morgan fingerprint density at radius 2 is 2.00 bits per heavy atom. The van der Waals surface area contributed by atoms with Crippen molar-refractivity contribution < 1.29 is 19.4 Å². The normalized spacial score (nSPS) is 20.5. The van der Waals surface area contributed by atoms with Crippen molar-refractivity contribution in [3.63, 3.8) is 0 Å². The van der Waals surface area contributed by atoms with Crippen LogP contribution in [0.3, 0.4) is 0 Å². The number of carbonyl (C=O) groups is 2. The van der Waals surface area contributed by atoms with Crippen molar-refractivity contribution in [1.82, 2.24) is 4.90 Å². The number of hydrogen-bond acceptors (Lipinski definition) is 3. The number of likely N-dealkylation sites (N-methyl/N-ethyl adjacent to an activating group) is 1. The number of hydrogen-bond donors (Lipinski definition) is 1. The van der Waals surface area contributed by atoms with Crippen LogP contribution in [0, 0.1) is 5.92 Å². The van der Waals surface area contributed by atoms with Crippen LogP contribution in [0.4, 0.5) is 0 Å². The van der Waals surface area contributed by atoms with E-state index in [1.165, 1.54) is 6.92 Å². The highest BCUT2D eigenvalue weighted by Gasteiger charge is 2.23. The number of rotatable bonds is 5. The Labute approximate surface area is 107 Å². The summed E-state index contributed by atoms with van der Waals surface area (Å²) in [6.45, 7) is 7.59. The van der Waals surface area contributed by atoms with Crippen LogP contribution in [0.2, 0.25) is 0 Å². The van der Waals surface area contributed by atoms with Crippen LogP contribution < -0.4 is 0 Å². The lowest BCUT2D eigenvalue weighted by Crippen LogP contribution is -2.36. The molecule has 1 rings (SSSR count). The SMILES string of the molecule is CCN(CC1CCOC1)C(=O)/C(C)=C(/C)C(=O)O. The summed E-state index contributed by atoms with van der Waals surface area (Å²) in [4.78, 5) is 24.7. The molecule has 1 aliphatic rings. The van der Waals surface area contributed by atoms with Crippen molar-refractivity contribution in [2.45, 2.75) is 27.2 Å². The third-order valence-electron chi connectivity index (χ3n) is 3.38. The minimum absolute atomic E-state index is 0.112. The molecule has 1 unspecified atom stereocenters. The number of carbonyl (C=O) groups excluding carboxylic acids is 1. The largest absolute Gasteiger partial charge is 0.478 e. The summed E-state index contributed by atoms with van der Waals surface area (Å²) in [5.41, 5.74) is 0.421. The third kappa shape index (κ3) is 3.57. The molecule has 1 saturated heterocycles. The zero-order valence-corrected chi connectivity index (χ0v) is 11.2. The summed E-state index contributed by atoms with van der Waals surface area (Å²) in [6, 6.07) is 0. The number of ether oxygens (including phenoxy) is 1. The summed E-state index contributed by atoms with van der Waals surface area (Å²) in [6.07, 6.45) is 0.963. The fraction of sp³-hybridized carbons (Fsp3) is 0.692. The molecule has 102 valence electrons. The number of carboxylic acid groups (broad SMARTS) is 1. The second-order valence-electron chi connectivity index (χ2n) is 4.63. The lowest BCUT2D eigenvalue weighted by Gasteiger charge is -2.24. The highest BCUT2D eigenvalue weighted by molar-refractivity contribution is 6.01. The smallest absolute Gasteiger partial charge is 0.331 e. The van der Waals surface area contributed by atoms with Crippen molar-refractivity contribution in [2.24, 2.45) is 5.92 Å². The lowest BCUT2D eigenvalue weighted by atomic mass is 10.1. The van der Waals surface area contributed by atoms with Gasteiger partial charge in [-0.1, -0.05) is 0 Å². The molecule has 0 radical (unpaired) electrons. The summed E-state index contributed by atoms with van der Waals surface area (Å²) < 4.78 is 5.28. The first-order valence-corrected chi connectivity index (χ1v) is 6.25. The molecule has 1 atom stereocenters. The third-order valence-corrected chi connectivity index (χ3v) is 3.38. The number of aliphatic carboxylic acids is 1. The maximum absolute atomic E-state index is 12.2. The van der Waals surface area contributed by atoms with E-state index in [1.54, 1.807) is 11.8 Å². The molecule has 1 fully saturated rings. The predicted molar refractivity (Wildman–Crippen MR) is 67.2 cm³/mol. The molecule has 0 bridgehead atoms. The van der Waals surface area contributed by atoms with Gasteiger partial charge in [0.15, 0.2) is 0 Å². The molecule has 1 amide bonds. The first kappa shape index (κ1) is 14.7. The van der Waals surface area contributed by atoms with Crippen LogP contribution in [0.1, 0.15) is 27.2 Å². The van der Waals surface area contributed by atoms with Crippen LogP contribution in [0.5, 0.6) is 0 Å². The van der Waals surface area contributed by atoms with E-state index in [0.717, 1.165) is 13.0 Å². The van der Waals surface area contributed by atoms with E-state index in [1.807, 2.05) is 6.92 Å². The molecule has 1 heterocycles. The van der Waals surface area contributed by atoms with Gasteiger partial charge in [-0.25, -0.2) is 4.79 Å². The van der Waals surface area contributed by atoms with Gasteiger partial charge in [-0.3, -0.25) is 4.79 Å². The molecule has 0 aliphatic carbocycles. The van der Waals surface area contributed by atoms with Gasteiger partial charge in [0.05, 0.1) is 6.61 Å². The molecule has 18 heavy (non-hydrogen) atoms. The highest BCUT2D eigenvalue weighted by Crippen LogP contribution is 2.16. The van der Waals surface area contributed by atoms with E-state index in [-0.39, 0.29) is 11.5 Å². The lowest BCUT2D eigenvalue weighted by molar-refractivity contribution is -0.134. The minimum Gasteiger partial charge on any atom is -0.478 e. The number of amides is 1. The van der Waals surface area contributed by atoms with Crippen LogP contribution in [0.25, 0.3) is 0 Å². The second kappa shape index (κ2) is 6.54.